The minimum Gasteiger partial charge on any atom is -0.388 e. The largest absolute Gasteiger partial charge is 0.388 e. The molecule has 0 saturated heterocycles. The van der Waals surface area contributed by atoms with Crippen molar-refractivity contribution in [2.45, 2.75) is 39.3 Å². The highest BCUT2D eigenvalue weighted by molar-refractivity contribution is 5.75. The Bertz CT molecular complexity index is 435. The Morgan fingerprint density at radius 1 is 1.65 bits per heavy atom. The number of carbonyl (C=O) groups is 1. The fourth-order valence-electron chi connectivity index (χ4n) is 2.57. The Balaban J connectivity index is 2.30. The lowest BCUT2D eigenvalue weighted by Crippen LogP contribution is -2.29. The zero-order valence-electron chi connectivity index (χ0n) is 10.7. The van der Waals surface area contributed by atoms with E-state index < -0.39 is 6.10 Å². The molecule has 1 amide bonds. The molecule has 2 rings (SSSR count). The van der Waals surface area contributed by atoms with Crippen LogP contribution in [0.5, 0.6) is 0 Å². The van der Waals surface area contributed by atoms with Crippen LogP contribution < -0.4 is 5.32 Å². The number of aliphatic hydroxyl groups excluding tert-OH is 1. The quantitative estimate of drug-likeness (QED) is 0.811. The number of likely N-dealkylation sites (N-methyl/N-ethyl adjacent to an activating group) is 1. The molecule has 0 saturated carbocycles. The summed E-state index contributed by atoms with van der Waals surface area (Å²) in [5, 5.41) is 12.7. The van der Waals surface area contributed by atoms with Crippen molar-refractivity contribution in [1.29, 1.82) is 0 Å². The van der Waals surface area contributed by atoms with Crippen LogP contribution in [0.4, 0.5) is 0 Å². The van der Waals surface area contributed by atoms with Crippen molar-refractivity contribution in [2.24, 2.45) is 5.41 Å². The van der Waals surface area contributed by atoms with Crippen LogP contribution in [0.15, 0.2) is 12.3 Å². The predicted molar refractivity (Wildman–Crippen MR) is 65.6 cm³/mol. The molecular formula is C13H20N2O2. The molecular weight excluding hydrogens is 216 g/mol. The van der Waals surface area contributed by atoms with E-state index in [1.54, 1.807) is 7.05 Å². The molecule has 1 aromatic rings. The smallest absolute Gasteiger partial charge is 0.239 e. The zero-order valence-corrected chi connectivity index (χ0v) is 10.7. The summed E-state index contributed by atoms with van der Waals surface area (Å²) < 4.78 is 1.94. The Labute approximate surface area is 102 Å². The summed E-state index contributed by atoms with van der Waals surface area (Å²) >= 11 is 0. The van der Waals surface area contributed by atoms with E-state index in [0.717, 1.165) is 24.1 Å². The molecule has 0 aliphatic heterocycles. The molecule has 94 valence electrons. The number of aliphatic hydroxyl groups is 1. The second kappa shape index (κ2) is 4.18. The van der Waals surface area contributed by atoms with Gasteiger partial charge < -0.3 is 15.0 Å². The number of nitrogens with one attached hydrogen (secondary N) is 1. The number of hydrogen-bond acceptors (Lipinski definition) is 2. The number of aromatic nitrogens is 1. The summed E-state index contributed by atoms with van der Waals surface area (Å²) in [6, 6.07) is 1.93. The van der Waals surface area contributed by atoms with Gasteiger partial charge in [-0.3, -0.25) is 4.79 Å². The average Bonchev–Trinajstić information content (AvgIpc) is 2.60. The highest BCUT2D eigenvalue weighted by Gasteiger charge is 2.33. The third-order valence-corrected chi connectivity index (χ3v) is 3.46. The van der Waals surface area contributed by atoms with Gasteiger partial charge in [-0.1, -0.05) is 13.8 Å². The van der Waals surface area contributed by atoms with Gasteiger partial charge in [0, 0.05) is 24.5 Å². The summed E-state index contributed by atoms with van der Waals surface area (Å²) in [4.78, 5) is 11.4. The maximum atomic E-state index is 11.4. The third-order valence-electron chi connectivity index (χ3n) is 3.46. The van der Waals surface area contributed by atoms with Crippen LogP contribution in [-0.2, 0) is 17.8 Å². The van der Waals surface area contributed by atoms with Crippen molar-refractivity contribution >= 4 is 5.91 Å². The maximum Gasteiger partial charge on any atom is 0.239 e. The predicted octanol–water partition coefficient (Wildman–Crippen LogP) is 1.24. The van der Waals surface area contributed by atoms with Gasteiger partial charge in [-0.05, 0) is 24.3 Å². The molecule has 17 heavy (non-hydrogen) atoms. The topological polar surface area (TPSA) is 54.3 Å². The van der Waals surface area contributed by atoms with E-state index >= 15 is 0 Å². The SMILES string of the molecule is CNC(=O)Cn1ccc2c1CC(C)(C)CC2O. The number of rotatable bonds is 2. The maximum absolute atomic E-state index is 11.4. The Morgan fingerprint density at radius 3 is 3.00 bits per heavy atom. The first-order chi connectivity index (χ1) is 7.93. The fourth-order valence-corrected chi connectivity index (χ4v) is 2.57. The van der Waals surface area contributed by atoms with Gasteiger partial charge in [0.25, 0.3) is 0 Å². The molecule has 0 bridgehead atoms. The van der Waals surface area contributed by atoms with Crippen LogP contribution in [0.25, 0.3) is 0 Å². The van der Waals surface area contributed by atoms with Gasteiger partial charge in [-0.2, -0.15) is 0 Å². The van der Waals surface area contributed by atoms with Gasteiger partial charge in [0.05, 0.1) is 6.10 Å². The van der Waals surface area contributed by atoms with E-state index in [-0.39, 0.29) is 11.3 Å². The van der Waals surface area contributed by atoms with Crippen LogP contribution >= 0.6 is 0 Å². The second-order valence-corrected chi connectivity index (χ2v) is 5.58. The normalized spacial score (nSPS) is 22.0. The van der Waals surface area contributed by atoms with Gasteiger partial charge in [0.2, 0.25) is 5.91 Å². The lowest BCUT2D eigenvalue weighted by Gasteiger charge is -2.33. The van der Waals surface area contributed by atoms with E-state index in [4.69, 9.17) is 0 Å². The molecule has 0 radical (unpaired) electrons. The van der Waals surface area contributed by atoms with Crippen LogP contribution in [0, 0.1) is 5.41 Å². The molecule has 1 aliphatic rings. The molecule has 0 spiro atoms. The molecule has 1 unspecified atom stereocenters. The highest BCUT2D eigenvalue weighted by atomic mass is 16.3. The van der Waals surface area contributed by atoms with Gasteiger partial charge >= 0.3 is 0 Å². The third kappa shape index (κ3) is 2.36. The van der Waals surface area contributed by atoms with Crippen LogP contribution in [0.2, 0.25) is 0 Å². The van der Waals surface area contributed by atoms with E-state index in [1.165, 1.54) is 0 Å². The molecule has 1 heterocycles. The van der Waals surface area contributed by atoms with Crippen molar-refractivity contribution in [1.82, 2.24) is 9.88 Å². The number of fused-ring (bicyclic) bond motifs is 1. The van der Waals surface area contributed by atoms with Gasteiger partial charge in [-0.25, -0.2) is 0 Å². The molecule has 2 N–H and O–H groups in total. The Hall–Kier alpha value is -1.29. The number of hydrogen-bond donors (Lipinski definition) is 2. The summed E-state index contributed by atoms with van der Waals surface area (Å²) in [7, 11) is 1.64. The fraction of sp³-hybridized carbons (Fsp3) is 0.615. The van der Waals surface area contributed by atoms with Crippen LogP contribution in [0.1, 0.15) is 37.6 Å². The lowest BCUT2D eigenvalue weighted by molar-refractivity contribution is -0.121. The lowest BCUT2D eigenvalue weighted by atomic mass is 9.75. The number of amides is 1. The first-order valence-electron chi connectivity index (χ1n) is 5.99. The van der Waals surface area contributed by atoms with Crippen molar-refractivity contribution in [3.63, 3.8) is 0 Å². The Morgan fingerprint density at radius 2 is 2.35 bits per heavy atom. The summed E-state index contributed by atoms with van der Waals surface area (Å²) in [5.41, 5.74) is 2.16. The minimum atomic E-state index is -0.403. The molecule has 0 fully saturated rings. The van der Waals surface area contributed by atoms with Crippen LogP contribution in [-0.4, -0.2) is 22.6 Å². The van der Waals surface area contributed by atoms with Gasteiger partial charge in [0.15, 0.2) is 0 Å². The molecule has 1 atom stereocenters. The first-order valence-corrected chi connectivity index (χ1v) is 5.99. The monoisotopic (exact) mass is 236 g/mol. The number of nitrogens with zero attached hydrogens (tertiary/aromatic N) is 1. The molecule has 4 nitrogen and oxygen atoms in total. The summed E-state index contributed by atoms with van der Waals surface area (Å²) in [6.07, 6.45) is 3.18. The second-order valence-electron chi connectivity index (χ2n) is 5.58. The minimum absolute atomic E-state index is 0.0127. The summed E-state index contributed by atoms with van der Waals surface area (Å²) in [5.74, 6) is -0.0127. The molecule has 1 aliphatic carbocycles. The zero-order chi connectivity index (χ0) is 12.6. The van der Waals surface area contributed by atoms with Crippen molar-refractivity contribution in [3.05, 3.63) is 23.5 Å². The van der Waals surface area contributed by atoms with Gasteiger partial charge in [-0.15, -0.1) is 0 Å². The first kappa shape index (κ1) is 12.2. The van der Waals surface area contributed by atoms with Gasteiger partial charge in [0.1, 0.15) is 6.54 Å². The molecule has 1 aromatic heterocycles. The average molecular weight is 236 g/mol. The van der Waals surface area contributed by atoms with Crippen molar-refractivity contribution < 1.29 is 9.90 Å². The van der Waals surface area contributed by atoms with E-state index in [1.807, 2.05) is 16.8 Å². The highest BCUT2D eigenvalue weighted by Crippen LogP contribution is 2.40. The summed E-state index contributed by atoms with van der Waals surface area (Å²) in [6.45, 7) is 4.63. The van der Waals surface area contributed by atoms with E-state index in [0.29, 0.717) is 6.54 Å². The molecule has 4 heteroatoms. The van der Waals surface area contributed by atoms with E-state index in [2.05, 4.69) is 19.2 Å². The molecule has 0 aromatic carbocycles. The van der Waals surface area contributed by atoms with E-state index in [9.17, 15) is 9.90 Å². The Kier molecular flexibility index (Phi) is 3.00. The van der Waals surface area contributed by atoms with Crippen molar-refractivity contribution in [2.75, 3.05) is 7.05 Å². The van der Waals surface area contributed by atoms with Crippen LogP contribution in [0.3, 0.4) is 0 Å². The van der Waals surface area contributed by atoms with Crippen molar-refractivity contribution in [3.8, 4) is 0 Å². The number of carbonyl (C=O) groups excluding carboxylic acids is 1. The standard InChI is InChI=1S/C13H20N2O2/c1-13(2)6-10-9(11(16)7-13)4-5-15(10)8-12(17)14-3/h4-5,11,16H,6-8H2,1-3H3,(H,14,17).